The monoisotopic (exact) mass is 1980 g/mol. The van der Waals surface area contributed by atoms with Crippen LogP contribution in [0.1, 0.15) is 170 Å². The summed E-state index contributed by atoms with van der Waals surface area (Å²) in [6.45, 7) is 0.809. The fourth-order valence-electron chi connectivity index (χ4n) is 19.3. The maximum atomic E-state index is 12.8. The number of carbonyl (C=O) groups is 11. The molecule has 5 amide bonds. The number of hydrogen-bond acceptors (Lipinski definition) is 16. The van der Waals surface area contributed by atoms with Crippen molar-refractivity contribution in [1.29, 1.82) is 0 Å². The van der Waals surface area contributed by atoms with Gasteiger partial charge in [0.15, 0.2) is 0 Å². The molecule has 19 rings (SSSR count). The maximum absolute atomic E-state index is 12.8. The molecule has 145 heavy (non-hydrogen) atoms. The number of amides is 5. The highest BCUT2D eigenvalue weighted by molar-refractivity contribution is 6.35. The van der Waals surface area contributed by atoms with Crippen LogP contribution in [0.25, 0.3) is 55.6 Å². The minimum atomic E-state index is -1.03. The smallest absolute Gasteiger partial charge is 0.329 e. The minimum Gasteiger partial charge on any atom is -0.481 e. The van der Waals surface area contributed by atoms with Gasteiger partial charge in [-0.15, -0.1) is 0 Å². The third-order valence-corrected chi connectivity index (χ3v) is 26.6. The van der Waals surface area contributed by atoms with Crippen LogP contribution < -0.4 is 43.8 Å². The maximum Gasteiger partial charge on any atom is 0.329 e. The van der Waals surface area contributed by atoms with Crippen molar-refractivity contribution in [1.82, 2.24) is 0 Å². The van der Waals surface area contributed by atoms with Gasteiger partial charge >= 0.3 is 35.8 Å². The van der Waals surface area contributed by atoms with E-state index in [2.05, 4.69) is 44.8 Å². The third-order valence-electron chi connectivity index (χ3n) is 25.9. The Kier molecular flexibility index (Phi) is 33.4. The summed E-state index contributed by atoms with van der Waals surface area (Å²) in [5, 5.41) is 70.1. The minimum absolute atomic E-state index is 0.000495. The second kappa shape index (κ2) is 47.0. The lowest BCUT2D eigenvalue weighted by Crippen LogP contribution is -2.37. The molecule has 29 heteroatoms. The van der Waals surface area contributed by atoms with Gasteiger partial charge in [-0.1, -0.05) is 260 Å². The second-order valence-corrected chi connectivity index (χ2v) is 36.4. The molecule has 0 aliphatic heterocycles. The van der Waals surface area contributed by atoms with Crippen LogP contribution in [0.3, 0.4) is 0 Å². The summed E-state index contributed by atoms with van der Waals surface area (Å²) in [6.07, 6.45) is 1.44. The van der Waals surface area contributed by atoms with Crippen molar-refractivity contribution in [3.63, 3.8) is 0 Å². The van der Waals surface area contributed by atoms with Crippen LogP contribution in [-0.2, 0) is 70.9 Å². The van der Waals surface area contributed by atoms with E-state index in [1.54, 1.807) is 67.6 Å². The summed E-state index contributed by atoms with van der Waals surface area (Å²) in [5.74, 6) is -7.01. The lowest BCUT2D eigenvalue weighted by molar-refractivity contribution is -0.144. The fourth-order valence-corrected chi connectivity index (χ4v) is 19.7. The van der Waals surface area contributed by atoms with Gasteiger partial charge in [0.25, 0.3) is 11.8 Å². The summed E-state index contributed by atoms with van der Waals surface area (Å²) < 4.78 is 11.3. The molecule has 0 saturated heterocycles. The second-order valence-electron chi connectivity index (χ2n) is 35.6. The predicted octanol–water partition coefficient (Wildman–Crippen LogP) is 20.8. The van der Waals surface area contributed by atoms with Gasteiger partial charge in [-0.25, -0.2) is 9.59 Å². The molecule has 4 unspecified atom stereocenters. The normalized spacial score (nSPS) is 14.7. The van der Waals surface area contributed by atoms with Gasteiger partial charge in [0.1, 0.15) is 25.4 Å². The van der Waals surface area contributed by atoms with E-state index >= 15 is 0 Å². The number of nitrogens with one attached hydrogen (secondary N) is 5. The van der Waals surface area contributed by atoms with Gasteiger partial charge in [0.2, 0.25) is 17.7 Å². The van der Waals surface area contributed by atoms with Gasteiger partial charge in [0.05, 0.1) is 39.3 Å². The Morgan fingerprint density at radius 2 is 0.600 bits per heavy atom. The van der Waals surface area contributed by atoms with E-state index in [9.17, 15) is 63.0 Å². The first-order valence-corrected chi connectivity index (χ1v) is 47.7. The number of aliphatic carboxylic acids is 6. The molecule has 17 N–H and O–H groups in total. The van der Waals surface area contributed by atoms with Crippen LogP contribution in [0, 0.1) is 0 Å². The van der Waals surface area contributed by atoms with Gasteiger partial charge in [-0.05, 0) is 253 Å². The Hall–Kier alpha value is -16.4. The molecule has 0 fully saturated rings. The Morgan fingerprint density at radius 1 is 0.303 bits per heavy atom. The van der Waals surface area contributed by atoms with Crippen molar-refractivity contribution >= 4 is 117 Å². The van der Waals surface area contributed by atoms with Crippen molar-refractivity contribution in [2.75, 3.05) is 39.8 Å². The van der Waals surface area contributed by atoms with Gasteiger partial charge in [-0.2, -0.15) is 0 Å². The number of halogens is 2. The number of nitrogens with two attached hydrogens (primary N) is 3. The molecule has 5 aliphatic carbocycles. The van der Waals surface area contributed by atoms with Crippen LogP contribution in [-0.4, -0.2) is 127 Å². The zero-order chi connectivity index (χ0) is 103. The number of ether oxygens (including phenoxy) is 2. The number of benzene rings is 14. The van der Waals surface area contributed by atoms with Crippen molar-refractivity contribution in [2.45, 2.75) is 119 Å². The molecule has 14 aromatic carbocycles. The Morgan fingerprint density at radius 3 is 0.979 bits per heavy atom. The van der Waals surface area contributed by atoms with Crippen LogP contribution >= 0.6 is 23.2 Å². The molecule has 14 aromatic rings. The molecule has 0 radical (unpaired) electrons. The van der Waals surface area contributed by atoms with E-state index in [1.165, 1.54) is 0 Å². The SMILES string of the molecule is C[C@H](N)C(=O)Nc1ccc2c(c1)C(OCC(=O)O)c1ccccc1-2.N[C@@H](Cc1ccccc1)C(=O)Nc1ccc2c(c1)C(CCC(=O)O)c1ccccc1-2.N[C@@H](Cc1ccccc1)C(=O)Nc1ccc2c(c1)C(OCC(=O)O)c1ccccc1-2.O=C(O)CCC1(CCC(=O)O)c2ccccc2-c2ccc(NC(=O)c3ccccc3Cl)cc21.O=C(O)CCC1c2ccccc2-c2ccc(NC(=O)c3ccccc3Cl)cc21. The number of carboxylic acids is 6. The molecule has 0 heterocycles. The molecule has 0 spiro atoms. The summed E-state index contributed by atoms with van der Waals surface area (Å²) in [7, 11) is 0. The summed E-state index contributed by atoms with van der Waals surface area (Å²) >= 11 is 12.3. The topological polar surface area (TPSA) is 466 Å². The third kappa shape index (κ3) is 24.7. The van der Waals surface area contributed by atoms with Gasteiger partial charge < -0.3 is 83.9 Å². The fraction of sp³-hybridized carbons (Fsp3) is 0.181. The molecule has 736 valence electrons. The van der Waals surface area contributed by atoms with Gasteiger partial charge in [-0.3, -0.25) is 43.2 Å². The van der Waals surface area contributed by atoms with E-state index < -0.39 is 84.8 Å². The average Bonchev–Trinajstić information content (AvgIpc) is 1.55. The predicted molar refractivity (Wildman–Crippen MR) is 557 cm³/mol. The van der Waals surface area contributed by atoms with Crippen molar-refractivity contribution in [2.24, 2.45) is 17.2 Å². The van der Waals surface area contributed by atoms with E-state index in [1.807, 2.05) is 243 Å². The first-order valence-electron chi connectivity index (χ1n) is 47.0. The highest BCUT2D eigenvalue weighted by atomic mass is 35.5. The van der Waals surface area contributed by atoms with Crippen LogP contribution in [0.2, 0.25) is 10.0 Å². The Balaban J connectivity index is 0.000000137. The highest BCUT2D eigenvalue weighted by Gasteiger charge is 2.44. The van der Waals surface area contributed by atoms with E-state index in [-0.39, 0.29) is 79.9 Å². The number of rotatable bonds is 32. The Labute approximate surface area is 845 Å². The van der Waals surface area contributed by atoms with Crippen molar-refractivity contribution in [3.8, 4) is 55.6 Å². The highest BCUT2D eigenvalue weighted by Crippen LogP contribution is 2.56. The standard InChI is InChI=1S/C26H22ClNO5.C25H24N2O3.C24H22N2O4.C23H18ClNO3.C18H18N2O4/c27-22-8-4-2-6-19(22)25(33)28-16-9-10-18-17-5-1-3-7-20(17)26(21(18)15-16,13-11-23(29)30)14-12-24(31)32;26-23(14-16-6-2-1-3-7-16)25(30)27-17-10-11-20-18-8-4-5-9-19(18)21(22(20)15-17)12-13-24(28)29;25-21(12-15-6-2-1-3-7-15)24(29)26-16-10-11-18-17-8-4-5-9-19(17)23(20(18)13-16)30-14-22(27)28;24-21-8-4-3-7-19(21)23(28)25-14-9-10-17-15-5-1-2-6-16(15)18(20(17)13-14)11-12-22(26)27;1-10(19)18(23)20-11-6-7-13-12-4-2-3-5-14(12)17(15(13)8-11)24-9-16(21)22/h1-10,15H,11-14H2,(H,28,33)(H,29,30)(H,31,32);1-11,15,21,23H,12-14,26H2,(H,27,30)(H,28,29);1-11,13,21,23H,12,14,25H2,(H,26,29)(H,27,28);1-10,13,18H,11-12H2,(H,25,28)(H,26,27);2-8,10,17H,9,19H2,1H3,(H,20,23)(H,21,22)/t;21?,23-;21-,23?;;10-,17?/m.00.0/s1. The first kappa shape index (κ1) is 103. The molecule has 0 aromatic heterocycles. The van der Waals surface area contributed by atoms with Crippen molar-refractivity contribution < 1.29 is 92.9 Å². The number of carbonyl (C=O) groups excluding carboxylic acids is 5. The van der Waals surface area contributed by atoms with Crippen LogP contribution in [0.4, 0.5) is 28.4 Å². The lowest BCUT2D eigenvalue weighted by Gasteiger charge is -2.32. The molecular formula is C116H104Cl2N8O19. The number of hydrogen-bond donors (Lipinski definition) is 14. The Bertz CT molecular complexity index is 7070. The largest absolute Gasteiger partial charge is 0.481 e. The lowest BCUT2D eigenvalue weighted by atomic mass is 9.71. The zero-order valence-corrected chi connectivity index (χ0v) is 80.1. The summed E-state index contributed by atoms with van der Waals surface area (Å²) in [4.78, 5) is 129. The summed E-state index contributed by atoms with van der Waals surface area (Å²) in [6, 6.07) is 98.4. The van der Waals surface area contributed by atoms with Crippen LogP contribution in [0.15, 0.2) is 322 Å². The molecule has 0 saturated carbocycles. The quantitative estimate of drug-likeness (QED) is 0.0186. The molecule has 27 nitrogen and oxygen atoms in total. The summed E-state index contributed by atoms with van der Waals surface area (Å²) in [5.41, 5.74) is 42.6. The molecule has 0 bridgehead atoms. The number of carboxylic acid groups (broad SMARTS) is 6. The van der Waals surface area contributed by atoms with Gasteiger partial charge in [0, 0.05) is 71.4 Å². The zero-order valence-electron chi connectivity index (χ0n) is 78.6. The van der Waals surface area contributed by atoms with Crippen LogP contribution in [0.5, 0.6) is 0 Å². The van der Waals surface area contributed by atoms with E-state index in [0.29, 0.717) is 75.3 Å². The van der Waals surface area contributed by atoms with E-state index in [0.717, 1.165) is 122 Å². The average molecular weight is 1990 g/mol. The molecular weight excluding hydrogens is 1880 g/mol. The number of anilines is 5. The van der Waals surface area contributed by atoms with Crippen molar-refractivity contribution in [3.05, 3.63) is 409 Å². The molecule has 7 atom stereocenters. The molecule has 5 aliphatic rings. The first-order chi connectivity index (χ1) is 69.9. The number of fused-ring (bicyclic) bond motifs is 15. The van der Waals surface area contributed by atoms with E-state index in [4.69, 9.17) is 70.3 Å².